The molecule has 138 valence electrons. The summed E-state index contributed by atoms with van der Waals surface area (Å²) in [6, 6.07) is 7.08. The molecule has 0 saturated heterocycles. The highest BCUT2D eigenvalue weighted by molar-refractivity contribution is 7.92. The highest BCUT2D eigenvalue weighted by Gasteiger charge is 2.39. The largest absolute Gasteiger partial charge is 0.353 e. The minimum absolute atomic E-state index is 0.0251. The maximum atomic E-state index is 12.2. The molecule has 0 unspecified atom stereocenters. The molecule has 0 aromatic heterocycles. The predicted octanol–water partition coefficient (Wildman–Crippen LogP) is 3.19. The summed E-state index contributed by atoms with van der Waals surface area (Å²) in [5, 5.41) is 3.63. The van der Waals surface area contributed by atoms with Gasteiger partial charge in [0.15, 0.2) is 0 Å². The molecule has 3 atom stereocenters. The Morgan fingerprint density at radius 3 is 2.72 bits per heavy atom. The average Bonchev–Trinajstić information content (AvgIpc) is 3.13. The van der Waals surface area contributed by atoms with Gasteiger partial charge in [0.25, 0.3) is 0 Å². The Morgan fingerprint density at radius 2 is 2.12 bits per heavy atom. The Labute approximate surface area is 154 Å². The number of anilines is 1. The highest BCUT2D eigenvalue weighted by Crippen LogP contribution is 2.44. The number of fused-ring (bicyclic) bond motifs is 2. The summed E-state index contributed by atoms with van der Waals surface area (Å²) in [6.07, 6.45) is 6.87. The molecule has 2 saturated carbocycles. The lowest BCUT2D eigenvalue weighted by Gasteiger charge is -2.24. The van der Waals surface area contributed by atoms with Crippen molar-refractivity contribution in [2.24, 2.45) is 11.8 Å². The number of rotatable bonds is 7. The van der Waals surface area contributed by atoms with Crippen LogP contribution in [0.3, 0.4) is 0 Å². The zero-order valence-corrected chi connectivity index (χ0v) is 16.0. The quantitative estimate of drug-likeness (QED) is 0.785. The Balaban J connectivity index is 1.52. The number of benzene rings is 1. The number of hydrogen-bond donors (Lipinski definition) is 1. The van der Waals surface area contributed by atoms with Crippen LogP contribution in [0.4, 0.5) is 5.69 Å². The zero-order chi connectivity index (χ0) is 18.0. The van der Waals surface area contributed by atoms with Crippen LogP contribution < -0.4 is 9.62 Å². The van der Waals surface area contributed by atoms with Crippen LogP contribution in [0.25, 0.3) is 0 Å². The van der Waals surface area contributed by atoms with Crippen LogP contribution in [-0.4, -0.2) is 33.2 Å². The maximum Gasteiger partial charge on any atom is 0.232 e. The average molecular weight is 385 g/mol. The van der Waals surface area contributed by atoms with Crippen molar-refractivity contribution in [3.8, 4) is 0 Å². The molecule has 0 heterocycles. The third kappa shape index (κ3) is 4.67. The molecule has 0 spiro atoms. The first-order valence-electron chi connectivity index (χ1n) is 8.85. The third-order valence-electron chi connectivity index (χ3n) is 5.35. The minimum atomic E-state index is -3.42. The summed E-state index contributed by atoms with van der Waals surface area (Å²) < 4.78 is 25.4. The van der Waals surface area contributed by atoms with Crippen LogP contribution in [0.1, 0.15) is 38.5 Å². The smallest absolute Gasteiger partial charge is 0.232 e. The molecule has 2 fully saturated rings. The molecule has 1 amide bonds. The van der Waals surface area contributed by atoms with Crippen molar-refractivity contribution >= 4 is 33.2 Å². The normalized spacial score (nSPS) is 25.1. The molecule has 1 N–H and O–H groups in total. The SMILES string of the molecule is CS(=O)(=O)N(CCCC(=O)N[C@@H]1C[C@H]2CC[C@H]1C2)c1cccc(Cl)c1. The first kappa shape index (κ1) is 18.5. The van der Waals surface area contributed by atoms with E-state index in [-0.39, 0.29) is 12.5 Å². The number of hydrogen-bond acceptors (Lipinski definition) is 3. The van der Waals surface area contributed by atoms with Crippen molar-refractivity contribution in [3.05, 3.63) is 29.3 Å². The highest BCUT2D eigenvalue weighted by atomic mass is 35.5. The molecular formula is C18H25ClN2O3S. The van der Waals surface area contributed by atoms with Gasteiger partial charge >= 0.3 is 0 Å². The lowest BCUT2D eigenvalue weighted by molar-refractivity contribution is -0.122. The summed E-state index contributed by atoms with van der Waals surface area (Å²) in [5.74, 6) is 1.46. The number of carbonyl (C=O) groups is 1. The van der Waals surface area contributed by atoms with Gasteiger partial charge in [0, 0.05) is 24.0 Å². The van der Waals surface area contributed by atoms with Crippen molar-refractivity contribution in [3.63, 3.8) is 0 Å². The summed E-state index contributed by atoms with van der Waals surface area (Å²) in [6.45, 7) is 0.267. The number of nitrogens with one attached hydrogen (secondary N) is 1. The molecule has 2 aliphatic carbocycles. The van der Waals surface area contributed by atoms with Crippen molar-refractivity contribution in [1.82, 2.24) is 5.32 Å². The topological polar surface area (TPSA) is 66.5 Å². The van der Waals surface area contributed by atoms with Crippen molar-refractivity contribution in [2.75, 3.05) is 17.1 Å². The summed E-state index contributed by atoms with van der Waals surface area (Å²) in [7, 11) is -3.42. The lowest BCUT2D eigenvalue weighted by Crippen LogP contribution is -2.39. The van der Waals surface area contributed by atoms with Gasteiger partial charge in [-0.05, 0) is 55.7 Å². The predicted molar refractivity (Wildman–Crippen MR) is 100 cm³/mol. The van der Waals surface area contributed by atoms with Gasteiger partial charge in [-0.15, -0.1) is 0 Å². The van der Waals surface area contributed by atoms with Gasteiger partial charge in [-0.25, -0.2) is 8.42 Å². The maximum absolute atomic E-state index is 12.2. The van der Waals surface area contributed by atoms with E-state index in [0.29, 0.717) is 35.5 Å². The molecule has 2 aliphatic rings. The van der Waals surface area contributed by atoms with E-state index >= 15 is 0 Å². The van der Waals surface area contributed by atoms with Crippen LogP contribution in [0.5, 0.6) is 0 Å². The van der Waals surface area contributed by atoms with Gasteiger partial charge in [-0.3, -0.25) is 9.10 Å². The fourth-order valence-corrected chi connectivity index (χ4v) is 5.34. The monoisotopic (exact) mass is 384 g/mol. The van der Waals surface area contributed by atoms with Gasteiger partial charge in [-0.1, -0.05) is 24.1 Å². The van der Waals surface area contributed by atoms with Gasteiger partial charge in [0.2, 0.25) is 15.9 Å². The molecule has 3 rings (SSSR count). The molecule has 1 aromatic carbocycles. The van der Waals surface area contributed by atoms with Crippen LogP contribution in [0.2, 0.25) is 5.02 Å². The fraction of sp³-hybridized carbons (Fsp3) is 0.611. The lowest BCUT2D eigenvalue weighted by atomic mass is 9.95. The number of sulfonamides is 1. The summed E-state index contributed by atoms with van der Waals surface area (Å²) >= 11 is 5.96. The van der Waals surface area contributed by atoms with E-state index < -0.39 is 10.0 Å². The Morgan fingerprint density at radius 1 is 1.32 bits per heavy atom. The second-order valence-electron chi connectivity index (χ2n) is 7.27. The molecule has 0 radical (unpaired) electrons. The zero-order valence-electron chi connectivity index (χ0n) is 14.4. The third-order valence-corrected chi connectivity index (χ3v) is 6.78. The van der Waals surface area contributed by atoms with Crippen molar-refractivity contribution in [1.29, 1.82) is 0 Å². The van der Waals surface area contributed by atoms with Gasteiger partial charge in [0.1, 0.15) is 0 Å². The van der Waals surface area contributed by atoms with E-state index in [1.165, 1.54) is 29.8 Å². The molecule has 0 aliphatic heterocycles. The fourth-order valence-electron chi connectivity index (χ4n) is 4.20. The van der Waals surface area contributed by atoms with Gasteiger partial charge in [0.05, 0.1) is 11.9 Å². The van der Waals surface area contributed by atoms with Crippen LogP contribution in [-0.2, 0) is 14.8 Å². The van der Waals surface area contributed by atoms with E-state index in [4.69, 9.17) is 11.6 Å². The van der Waals surface area contributed by atoms with E-state index in [2.05, 4.69) is 5.32 Å². The van der Waals surface area contributed by atoms with Gasteiger partial charge < -0.3 is 5.32 Å². The second-order valence-corrected chi connectivity index (χ2v) is 9.61. The van der Waals surface area contributed by atoms with E-state index in [1.54, 1.807) is 24.3 Å². The molecule has 1 aromatic rings. The van der Waals surface area contributed by atoms with Gasteiger partial charge in [-0.2, -0.15) is 0 Å². The molecule has 7 heteroatoms. The minimum Gasteiger partial charge on any atom is -0.353 e. The molecular weight excluding hydrogens is 360 g/mol. The van der Waals surface area contributed by atoms with Crippen LogP contribution >= 0.6 is 11.6 Å². The first-order chi connectivity index (χ1) is 11.8. The standard InChI is InChI=1S/C18H25ClN2O3S/c1-25(23,24)21(16-5-2-4-15(19)12-16)9-3-6-18(22)20-17-11-13-7-8-14(17)10-13/h2,4-5,12-14,17H,3,6-11H2,1H3,(H,20,22)/t13-,14-,17+/m0/s1. The Hall–Kier alpha value is -1.27. The van der Waals surface area contributed by atoms with Crippen LogP contribution in [0, 0.1) is 11.8 Å². The summed E-state index contributed by atoms with van der Waals surface area (Å²) in [5.41, 5.74) is 0.531. The molecule has 2 bridgehead atoms. The second kappa shape index (κ2) is 7.54. The summed E-state index contributed by atoms with van der Waals surface area (Å²) in [4.78, 5) is 12.2. The Bertz CT molecular complexity index is 738. The van der Waals surface area contributed by atoms with Crippen LogP contribution in [0.15, 0.2) is 24.3 Å². The number of carbonyl (C=O) groups excluding carboxylic acids is 1. The van der Waals surface area contributed by atoms with E-state index in [9.17, 15) is 13.2 Å². The van der Waals surface area contributed by atoms with Crippen molar-refractivity contribution in [2.45, 2.75) is 44.6 Å². The number of halogens is 1. The number of amides is 1. The number of nitrogens with zero attached hydrogens (tertiary/aromatic N) is 1. The van der Waals surface area contributed by atoms with Crippen molar-refractivity contribution < 1.29 is 13.2 Å². The molecule has 5 nitrogen and oxygen atoms in total. The molecule has 25 heavy (non-hydrogen) atoms. The Kier molecular flexibility index (Phi) is 5.58. The van der Waals surface area contributed by atoms with E-state index in [1.807, 2.05) is 0 Å². The first-order valence-corrected chi connectivity index (χ1v) is 11.1. The van der Waals surface area contributed by atoms with E-state index in [0.717, 1.165) is 12.3 Å².